The molecule has 1 aromatic heterocycles. The summed E-state index contributed by atoms with van der Waals surface area (Å²) >= 11 is 0. The number of halogens is 1. The molecule has 0 bridgehead atoms. The van der Waals surface area contributed by atoms with E-state index in [1.165, 1.54) is 5.56 Å². The molecule has 0 amide bonds. The van der Waals surface area contributed by atoms with Crippen LogP contribution in [-0.4, -0.2) is 29.2 Å². The van der Waals surface area contributed by atoms with Gasteiger partial charge in [0.25, 0.3) is 0 Å². The maximum Gasteiger partial charge on any atom is 0.243 e. The summed E-state index contributed by atoms with van der Waals surface area (Å²) in [6.07, 6.45) is 1.20. The van der Waals surface area contributed by atoms with Crippen molar-refractivity contribution < 1.29 is 8.42 Å². The molecular weight excluding hydrogens is 418 g/mol. The van der Waals surface area contributed by atoms with Gasteiger partial charge in [-0.15, -0.1) is 12.4 Å². The largest absolute Gasteiger partial charge is 0.342 e. The normalized spacial score (nSPS) is 16.7. The first-order valence-electron chi connectivity index (χ1n) is 9.71. The first kappa shape index (κ1) is 20.6. The van der Waals surface area contributed by atoms with Crippen LogP contribution < -0.4 is 0 Å². The SMILES string of the molecule is Cl.O=S(=O)(c1ccccc1)N1CCc2ccccc2C1Cc1nc2ccccc2[nH]1. The molecule has 1 N–H and O–H groups in total. The molecule has 0 aliphatic carbocycles. The van der Waals surface area contributed by atoms with E-state index in [1.54, 1.807) is 28.6 Å². The van der Waals surface area contributed by atoms with Crippen LogP contribution in [0.4, 0.5) is 0 Å². The maximum atomic E-state index is 13.5. The number of para-hydroxylation sites is 2. The molecule has 5 rings (SSSR count). The number of imidazole rings is 1. The topological polar surface area (TPSA) is 66.1 Å². The van der Waals surface area contributed by atoms with Crippen molar-refractivity contribution >= 4 is 33.5 Å². The molecule has 1 aliphatic rings. The van der Waals surface area contributed by atoms with E-state index in [0.717, 1.165) is 22.4 Å². The van der Waals surface area contributed by atoms with Crippen molar-refractivity contribution in [2.24, 2.45) is 0 Å². The van der Waals surface area contributed by atoms with Gasteiger partial charge in [0.2, 0.25) is 10.0 Å². The average molecular weight is 440 g/mol. The number of fused-ring (bicyclic) bond motifs is 2. The van der Waals surface area contributed by atoms with Crippen LogP contribution in [0.3, 0.4) is 0 Å². The lowest BCUT2D eigenvalue weighted by Gasteiger charge is -2.36. The van der Waals surface area contributed by atoms with Gasteiger partial charge >= 0.3 is 0 Å². The zero-order valence-electron chi connectivity index (χ0n) is 16.2. The Morgan fingerprint density at radius 3 is 2.43 bits per heavy atom. The molecule has 2 heterocycles. The van der Waals surface area contributed by atoms with E-state index in [2.05, 4.69) is 11.1 Å². The van der Waals surface area contributed by atoms with Gasteiger partial charge in [0.05, 0.1) is 22.0 Å². The summed E-state index contributed by atoms with van der Waals surface area (Å²) in [6.45, 7) is 0.457. The van der Waals surface area contributed by atoms with Crippen LogP contribution in [0.2, 0.25) is 0 Å². The Hall–Kier alpha value is -2.67. The molecule has 0 radical (unpaired) electrons. The zero-order chi connectivity index (χ0) is 19.8. The third kappa shape index (κ3) is 3.62. The quantitative estimate of drug-likeness (QED) is 0.508. The third-order valence-electron chi connectivity index (χ3n) is 5.54. The van der Waals surface area contributed by atoms with Gasteiger partial charge in [-0.25, -0.2) is 13.4 Å². The number of H-pyrrole nitrogens is 1. The molecule has 1 unspecified atom stereocenters. The highest BCUT2D eigenvalue weighted by atomic mass is 35.5. The Morgan fingerprint density at radius 2 is 1.63 bits per heavy atom. The van der Waals surface area contributed by atoms with E-state index in [0.29, 0.717) is 24.3 Å². The van der Waals surface area contributed by atoms with Gasteiger partial charge in [0.15, 0.2) is 0 Å². The predicted octanol–water partition coefficient (Wildman–Crippen LogP) is 4.52. The van der Waals surface area contributed by atoms with E-state index in [9.17, 15) is 8.42 Å². The van der Waals surface area contributed by atoms with Crippen LogP contribution >= 0.6 is 12.4 Å². The lowest BCUT2D eigenvalue weighted by molar-refractivity contribution is 0.303. The Balaban J connectivity index is 0.00000218. The molecule has 0 fully saturated rings. The van der Waals surface area contributed by atoms with E-state index in [1.807, 2.05) is 48.5 Å². The maximum absolute atomic E-state index is 13.5. The Labute approximate surface area is 182 Å². The van der Waals surface area contributed by atoms with Crippen LogP contribution in [0.15, 0.2) is 83.8 Å². The fourth-order valence-corrected chi connectivity index (χ4v) is 5.77. The van der Waals surface area contributed by atoms with E-state index in [-0.39, 0.29) is 18.4 Å². The van der Waals surface area contributed by atoms with Crippen LogP contribution in [0.5, 0.6) is 0 Å². The monoisotopic (exact) mass is 439 g/mol. The number of sulfonamides is 1. The molecule has 1 aliphatic heterocycles. The van der Waals surface area contributed by atoms with Crippen molar-refractivity contribution in [3.05, 3.63) is 95.8 Å². The summed E-state index contributed by atoms with van der Waals surface area (Å²) in [5.74, 6) is 0.793. The Morgan fingerprint density at radius 1 is 0.933 bits per heavy atom. The highest BCUT2D eigenvalue weighted by molar-refractivity contribution is 7.89. The number of aromatic amines is 1. The second-order valence-corrected chi connectivity index (χ2v) is 9.19. The van der Waals surface area contributed by atoms with Gasteiger partial charge in [-0.2, -0.15) is 4.31 Å². The number of nitrogens with one attached hydrogen (secondary N) is 1. The van der Waals surface area contributed by atoms with Crippen molar-refractivity contribution in [1.82, 2.24) is 14.3 Å². The van der Waals surface area contributed by atoms with E-state index < -0.39 is 10.0 Å². The van der Waals surface area contributed by atoms with Crippen molar-refractivity contribution in [1.29, 1.82) is 0 Å². The van der Waals surface area contributed by atoms with E-state index in [4.69, 9.17) is 4.98 Å². The van der Waals surface area contributed by atoms with Gasteiger partial charge in [0, 0.05) is 13.0 Å². The Kier molecular flexibility index (Phi) is 5.64. The number of nitrogens with zero attached hydrogens (tertiary/aromatic N) is 2. The number of rotatable bonds is 4. The van der Waals surface area contributed by atoms with Gasteiger partial charge < -0.3 is 4.98 Å². The fraction of sp³-hybridized carbons (Fsp3) is 0.174. The molecule has 7 heteroatoms. The summed E-state index contributed by atoms with van der Waals surface area (Å²) in [5, 5.41) is 0. The number of hydrogen-bond acceptors (Lipinski definition) is 3. The molecule has 154 valence electrons. The summed E-state index contributed by atoms with van der Waals surface area (Å²) in [6, 6.07) is 24.4. The smallest absolute Gasteiger partial charge is 0.243 e. The van der Waals surface area contributed by atoms with Crippen molar-refractivity contribution in [3.63, 3.8) is 0 Å². The molecule has 1 atom stereocenters. The molecule has 4 aromatic rings. The molecule has 5 nitrogen and oxygen atoms in total. The molecule has 30 heavy (non-hydrogen) atoms. The highest BCUT2D eigenvalue weighted by Crippen LogP contribution is 2.36. The van der Waals surface area contributed by atoms with Gasteiger partial charge in [-0.3, -0.25) is 0 Å². The summed E-state index contributed by atoms with van der Waals surface area (Å²) in [4.78, 5) is 8.37. The van der Waals surface area contributed by atoms with Crippen LogP contribution in [-0.2, 0) is 22.9 Å². The molecular formula is C23H22ClN3O2S. The summed E-state index contributed by atoms with van der Waals surface area (Å²) in [5.41, 5.74) is 4.11. The third-order valence-corrected chi connectivity index (χ3v) is 7.46. The molecule has 0 spiro atoms. The molecule has 0 saturated carbocycles. The van der Waals surface area contributed by atoms with Crippen LogP contribution in [0.25, 0.3) is 11.0 Å². The van der Waals surface area contributed by atoms with Crippen molar-refractivity contribution in [2.45, 2.75) is 23.8 Å². The first-order valence-corrected chi connectivity index (χ1v) is 11.2. The lowest BCUT2D eigenvalue weighted by atomic mass is 9.92. The van der Waals surface area contributed by atoms with Crippen molar-refractivity contribution in [2.75, 3.05) is 6.54 Å². The number of benzene rings is 3. The minimum atomic E-state index is -3.61. The second kappa shape index (κ2) is 8.22. The minimum Gasteiger partial charge on any atom is -0.342 e. The van der Waals surface area contributed by atoms with Crippen molar-refractivity contribution in [3.8, 4) is 0 Å². The van der Waals surface area contributed by atoms with Crippen LogP contribution in [0, 0.1) is 0 Å². The summed E-state index contributed by atoms with van der Waals surface area (Å²) in [7, 11) is -3.61. The minimum absolute atomic E-state index is 0. The van der Waals surface area contributed by atoms with Gasteiger partial charge in [0.1, 0.15) is 5.82 Å². The molecule has 0 saturated heterocycles. The second-order valence-electron chi connectivity index (χ2n) is 7.30. The van der Waals surface area contributed by atoms with Gasteiger partial charge in [-0.1, -0.05) is 54.6 Å². The highest BCUT2D eigenvalue weighted by Gasteiger charge is 2.36. The standard InChI is InChI=1S/C23H21N3O2S.ClH/c27-29(28,18-9-2-1-3-10-18)26-15-14-17-8-4-5-11-19(17)22(26)16-23-24-20-12-6-7-13-21(20)25-23;/h1-13,22H,14-16H2,(H,24,25);1H. The van der Waals surface area contributed by atoms with Gasteiger partial charge in [-0.05, 0) is 41.8 Å². The lowest BCUT2D eigenvalue weighted by Crippen LogP contribution is -2.41. The average Bonchev–Trinajstić information content (AvgIpc) is 3.17. The number of hydrogen-bond donors (Lipinski definition) is 1. The van der Waals surface area contributed by atoms with Crippen LogP contribution in [0.1, 0.15) is 23.0 Å². The summed E-state index contributed by atoms with van der Waals surface area (Å²) < 4.78 is 28.6. The Bertz CT molecular complexity index is 1240. The van der Waals surface area contributed by atoms with E-state index >= 15 is 0 Å². The molecule has 3 aromatic carbocycles. The first-order chi connectivity index (χ1) is 14.1. The number of aromatic nitrogens is 2. The zero-order valence-corrected chi connectivity index (χ0v) is 17.9. The fourth-order valence-electron chi connectivity index (χ4n) is 4.14. The predicted molar refractivity (Wildman–Crippen MR) is 120 cm³/mol.